The van der Waals surface area contributed by atoms with Gasteiger partial charge in [0.15, 0.2) is 0 Å². The molecule has 1 N–H and O–H groups in total. The van der Waals surface area contributed by atoms with E-state index in [0.29, 0.717) is 25.9 Å². The van der Waals surface area contributed by atoms with Crippen molar-refractivity contribution < 1.29 is 37.6 Å². The van der Waals surface area contributed by atoms with Gasteiger partial charge >= 0.3 is 0 Å². The van der Waals surface area contributed by atoms with Gasteiger partial charge < -0.3 is 37.6 Å². The summed E-state index contributed by atoms with van der Waals surface area (Å²) >= 11 is 0. The third-order valence-electron chi connectivity index (χ3n) is 14.3. The summed E-state index contributed by atoms with van der Waals surface area (Å²) in [6.45, 7) is 19.2. The van der Waals surface area contributed by atoms with Crippen molar-refractivity contribution in [1.29, 1.82) is 0 Å². The van der Waals surface area contributed by atoms with Crippen LogP contribution in [0.4, 0.5) is 0 Å². The van der Waals surface area contributed by atoms with E-state index in [0.717, 1.165) is 32.3 Å². The van der Waals surface area contributed by atoms with Gasteiger partial charge in [0, 0.05) is 26.1 Å². The van der Waals surface area contributed by atoms with E-state index in [1.807, 2.05) is 6.08 Å². The molecule has 0 saturated carbocycles. The molecule has 0 amide bonds. The zero-order chi connectivity index (χ0) is 45.0. The average Bonchev–Trinajstić information content (AvgIpc) is 3.46. The second kappa shape index (κ2) is 20.3. The summed E-state index contributed by atoms with van der Waals surface area (Å²) in [5.41, 5.74) is 0. The topological polar surface area (TPSA) is 84.8 Å². The van der Waals surface area contributed by atoms with Crippen molar-refractivity contribution in [1.82, 2.24) is 0 Å². The minimum atomic E-state index is -3.07. The van der Waals surface area contributed by atoms with E-state index >= 15 is 0 Å². The fourth-order valence-electron chi connectivity index (χ4n) is 11.3. The molecule has 8 rings (SSSR count). The zero-order valence-electron chi connectivity index (χ0n) is 39.0. The van der Waals surface area contributed by atoms with E-state index in [1.54, 1.807) is 0 Å². The molecule has 344 valence electrons. The van der Waals surface area contributed by atoms with Crippen LogP contribution in [0.25, 0.3) is 0 Å². The van der Waals surface area contributed by atoms with Crippen molar-refractivity contribution in [2.45, 2.75) is 158 Å². The monoisotopic (exact) mass is 904 g/mol. The quantitative estimate of drug-likeness (QED) is 0.101. The Bertz CT molecular complexity index is 1980. The molecule has 10 atom stereocenters. The molecular formula is C54H72O8Si2. The van der Waals surface area contributed by atoms with E-state index in [-0.39, 0.29) is 71.6 Å². The van der Waals surface area contributed by atoms with Crippen LogP contribution in [-0.4, -0.2) is 103 Å². The molecular weight excluding hydrogens is 833 g/mol. The minimum absolute atomic E-state index is 0.000430. The Balaban J connectivity index is 1.17. The first kappa shape index (κ1) is 47.2. The summed E-state index contributed by atoms with van der Waals surface area (Å²) in [6, 6.07) is 43.4. The molecule has 0 unspecified atom stereocenters. The van der Waals surface area contributed by atoms with Crippen molar-refractivity contribution in [2.24, 2.45) is 0 Å². The Hall–Kier alpha value is -3.27. The molecule has 4 heterocycles. The fraction of sp³-hybridized carbons (Fsp3) is 0.519. The van der Waals surface area contributed by atoms with Gasteiger partial charge in [0.1, 0.15) is 12.2 Å². The van der Waals surface area contributed by atoms with Crippen LogP contribution in [0.15, 0.2) is 134 Å². The molecule has 4 saturated heterocycles. The van der Waals surface area contributed by atoms with Gasteiger partial charge in [-0.3, -0.25) is 0 Å². The Morgan fingerprint density at radius 2 is 1.09 bits per heavy atom. The van der Waals surface area contributed by atoms with Crippen molar-refractivity contribution in [2.75, 3.05) is 19.8 Å². The Morgan fingerprint density at radius 1 is 0.594 bits per heavy atom. The summed E-state index contributed by atoms with van der Waals surface area (Å²) in [6.07, 6.45) is 4.75. The lowest BCUT2D eigenvalue weighted by atomic mass is 9.93. The Labute approximate surface area is 384 Å². The van der Waals surface area contributed by atoms with Crippen LogP contribution in [0.3, 0.4) is 0 Å². The van der Waals surface area contributed by atoms with Crippen molar-refractivity contribution in [3.05, 3.63) is 134 Å². The molecule has 10 heteroatoms. The molecule has 4 fully saturated rings. The highest BCUT2D eigenvalue weighted by Gasteiger charge is 2.56. The van der Waals surface area contributed by atoms with Crippen LogP contribution in [0.5, 0.6) is 0 Å². The molecule has 0 radical (unpaired) electrons. The molecule has 4 aliphatic rings. The highest BCUT2D eigenvalue weighted by atomic mass is 28.4. The second-order valence-electron chi connectivity index (χ2n) is 20.4. The number of hydrogen-bond donors (Lipinski definition) is 1. The van der Waals surface area contributed by atoms with E-state index in [2.05, 4.69) is 169 Å². The lowest BCUT2D eigenvalue weighted by Gasteiger charge is -2.50. The average molecular weight is 905 g/mol. The van der Waals surface area contributed by atoms with E-state index in [1.165, 1.54) is 20.7 Å². The van der Waals surface area contributed by atoms with Crippen molar-refractivity contribution >= 4 is 37.4 Å². The Morgan fingerprint density at radius 3 is 1.61 bits per heavy atom. The summed E-state index contributed by atoms with van der Waals surface area (Å²) in [7, 11) is -6.02. The highest BCUT2D eigenvalue weighted by Crippen LogP contribution is 2.43. The van der Waals surface area contributed by atoms with Crippen LogP contribution in [0.2, 0.25) is 10.1 Å². The fourth-order valence-corrected chi connectivity index (χ4v) is 20.5. The third-order valence-corrected chi connectivity index (χ3v) is 24.4. The lowest BCUT2D eigenvalue weighted by molar-refractivity contribution is -0.228. The maximum atomic E-state index is 10.5. The largest absolute Gasteiger partial charge is 0.405 e. The van der Waals surface area contributed by atoms with Gasteiger partial charge in [-0.1, -0.05) is 169 Å². The molecule has 0 aromatic heterocycles. The van der Waals surface area contributed by atoms with Crippen LogP contribution < -0.4 is 20.7 Å². The summed E-state index contributed by atoms with van der Waals surface area (Å²) in [5, 5.41) is 14.9. The van der Waals surface area contributed by atoms with E-state index < -0.39 is 22.7 Å². The van der Waals surface area contributed by atoms with Crippen molar-refractivity contribution in [3.8, 4) is 0 Å². The Kier molecular flexibility index (Phi) is 15.0. The molecule has 64 heavy (non-hydrogen) atoms. The number of fused-ring (bicyclic) bond motifs is 2. The molecule has 8 nitrogen and oxygen atoms in total. The van der Waals surface area contributed by atoms with Gasteiger partial charge in [0.25, 0.3) is 16.6 Å². The number of aliphatic hydroxyl groups excluding tert-OH is 1. The number of ether oxygens (including phenoxy) is 5. The first-order valence-electron chi connectivity index (χ1n) is 23.9. The number of rotatable bonds is 14. The third kappa shape index (κ3) is 9.61. The zero-order valence-corrected chi connectivity index (χ0v) is 41.0. The first-order chi connectivity index (χ1) is 30.9. The second-order valence-corrected chi connectivity index (χ2v) is 29.0. The highest BCUT2D eigenvalue weighted by molar-refractivity contribution is 7.00. The lowest BCUT2D eigenvalue weighted by Crippen LogP contribution is -2.70. The summed E-state index contributed by atoms with van der Waals surface area (Å²) < 4.78 is 50.2. The predicted octanol–water partition coefficient (Wildman–Crippen LogP) is 7.87. The molecule has 4 aromatic carbocycles. The minimum Gasteiger partial charge on any atom is -0.405 e. The normalized spacial score (nSPS) is 29.2. The van der Waals surface area contributed by atoms with E-state index in [4.69, 9.17) is 32.5 Å². The van der Waals surface area contributed by atoms with Gasteiger partial charge in [-0.25, -0.2) is 0 Å². The number of hydrogen-bond acceptors (Lipinski definition) is 8. The van der Waals surface area contributed by atoms with Gasteiger partial charge in [-0.05, 0) is 62.9 Å². The van der Waals surface area contributed by atoms with Crippen LogP contribution in [0, 0.1) is 0 Å². The molecule has 0 bridgehead atoms. The first-order valence-corrected chi connectivity index (χ1v) is 27.7. The predicted molar refractivity (Wildman–Crippen MR) is 260 cm³/mol. The SMILES string of the molecule is C=C[C@H]1O[C@H]2CCCO[C@@H]2C[C@@H]1O[C@@H]1CC[C@@H]2O[C@H](CO[Si](c3ccccc3)(c3ccccc3)C(C)(C)C)[C@@H](O[Si](c3ccccc3)(c3ccccc3)C(C)(C)C)C[C@H]2O[C@H]1CCO. The van der Waals surface area contributed by atoms with Crippen LogP contribution in [0.1, 0.15) is 86.5 Å². The van der Waals surface area contributed by atoms with Gasteiger partial charge in [-0.15, -0.1) is 6.58 Å². The molecule has 4 aliphatic heterocycles. The molecule has 0 aliphatic carbocycles. The maximum absolute atomic E-state index is 10.5. The molecule has 0 spiro atoms. The van der Waals surface area contributed by atoms with Gasteiger partial charge in [0.2, 0.25) is 0 Å². The summed E-state index contributed by atoms with van der Waals surface area (Å²) in [4.78, 5) is 0. The summed E-state index contributed by atoms with van der Waals surface area (Å²) in [5.74, 6) is 0. The van der Waals surface area contributed by atoms with Gasteiger partial charge in [0.05, 0.1) is 55.4 Å². The molecule has 4 aromatic rings. The van der Waals surface area contributed by atoms with Crippen molar-refractivity contribution in [3.63, 3.8) is 0 Å². The van der Waals surface area contributed by atoms with Crippen LogP contribution in [-0.2, 0) is 32.5 Å². The number of aliphatic hydroxyl groups is 1. The smallest absolute Gasteiger partial charge is 0.261 e. The van der Waals surface area contributed by atoms with Gasteiger partial charge in [-0.2, -0.15) is 0 Å². The van der Waals surface area contributed by atoms with E-state index in [9.17, 15) is 5.11 Å². The maximum Gasteiger partial charge on any atom is 0.261 e. The standard InChI is InChI=1S/C54H72O8Si2/c1-8-43-49(36-48-44(58-43)30-21-35-56-48)59-45-31-32-46-50(60-47(45)33-34-55)37-51(62-64(54(5,6)7,41-26-17-11-18-27-41)42-28-19-12-20-29-42)52(61-46)38-57-63(53(2,3)4,39-22-13-9-14-23-39)40-24-15-10-16-25-40/h8-20,22-29,43-52,55H,1,21,30-38H2,2-7H3/t43-,44+,45-,46+,47+,48-,49+,50-,51+,52-/m1/s1. The van der Waals surface area contributed by atoms with Crippen LogP contribution >= 0.6 is 0 Å². The number of benzene rings is 4.